The van der Waals surface area contributed by atoms with E-state index in [1.54, 1.807) is 11.1 Å². The van der Waals surface area contributed by atoms with Crippen molar-refractivity contribution in [3.05, 3.63) is 23.9 Å². The second kappa shape index (κ2) is 6.03. The number of hydrogen-bond donors (Lipinski definition) is 1. The van der Waals surface area contributed by atoms with Crippen molar-refractivity contribution in [3.8, 4) is 0 Å². The number of aromatic nitrogens is 1. The minimum absolute atomic E-state index is 0.0658. The van der Waals surface area contributed by atoms with Crippen molar-refractivity contribution in [2.45, 2.75) is 27.2 Å². The van der Waals surface area contributed by atoms with Crippen LogP contribution >= 0.6 is 0 Å². The van der Waals surface area contributed by atoms with E-state index in [-0.39, 0.29) is 17.7 Å². The van der Waals surface area contributed by atoms with E-state index >= 15 is 0 Å². The van der Waals surface area contributed by atoms with Crippen LogP contribution in [0.4, 0.5) is 5.82 Å². The average Bonchev–Trinajstić information content (AvgIpc) is 2.70. The number of likely N-dealkylation sites (tertiary alicyclic amines) is 1. The number of pyridine rings is 1. The van der Waals surface area contributed by atoms with Crippen LogP contribution in [0.2, 0.25) is 0 Å². The molecule has 0 aliphatic carbocycles. The fourth-order valence-corrected chi connectivity index (χ4v) is 2.40. The Morgan fingerprint density at radius 3 is 2.95 bits per heavy atom. The van der Waals surface area contributed by atoms with Gasteiger partial charge in [-0.05, 0) is 30.5 Å². The number of nitrogens with zero attached hydrogens (tertiary/aromatic N) is 2. The summed E-state index contributed by atoms with van der Waals surface area (Å²) in [5.41, 5.74) is 1.04. The molecular formula is C15H21N3O2. The monoisotopic (exact) mass is 275 g/mol. The highest BCUT2D eigenvalue weighted by atomic mass is 16.2. The molecule has 1 fully saturated rings. The molecule has 1 aromatic heterocycles. The zero-order valence-electron chi connectivity index (χ0n) is 12.2. The van der Waals surface area contributed by atoms with Crippen molar-refractivity contribution in [2.24, 2.45) is 11.8 Å². The maximum atomic E-state index is 12.2. The van der Waals surface area contributed by atoms with Crippen LogP contribution in [-0.4, -0.2) is 34.8 Å². The molecule has 0 saturated carbocycles. The third kappa shape index (κ3) is 3.56. The van der Waals surface area contributed by atoms with Gasteiger partial charge in [0.05, 0.1) is 5.92 Å². The number of amides is 2. The number of anilines is 1. The summed E-state index contributed by atoms with van der Waals surface area (Å²) in [5, 5.41) is 2.79. The van der Waals surface area contributed by atoms with Crippen LogP contribution in [0, 0.1) is 18.8 Å². The Morgan fingerprint density at radius 2 is 2.30 bits per heavy atom. The lowest BCUT2D eigenvalue weighted by atomic mass is 10.1. The molecule has 5 heteroatoms. The van der Waals surface area contributed by atoms with Crippen LogP contribution < -0.4 is 5.32 Å². The second-order valence-electron chi connectivity index (χ2n) is 5.80. The molecule has 0 unspecified atom stereocenters. The van der Waals surface area contributed by atoms with Gasteiger partial charge >= 0.3 is 0 Å². The van der Waals surface area contributed by atoms with Crippen LogP contribution in [0.5, 0.6) is 0 Å². The lowest BCUT2D eigenvalue weighted by Crippen LogP contribution is -2.31. The van der Waals surface area contributed by atoms with E-state index in [4.69, 9.17) is 0 Å². The molecule has 1 atom stereocenters. The Bertz CT molecular complexity index is 514. The Balaban J connectivity index is 1.95. The first-order valence-corrected chi connectivity index (χ1v) is 6.97. The molecule has 0 bridgehead atoms. The Hall–Kier alpha value is -1.91. The normalized spacial score (nSPS) is 18.7. The van der Waals surface area contributed by atoms with Gasteiger partial charge in [-0.15, -0.1) is 0 Å². The molecule has 20 heavy (non-hydrogen) atoms. The quantitative estimate of drug-likeness (QED) is 0.912. The van der Waals surface area contributed by atoms with Crippen molar-refractivity contribution in [1.29, 1.82) is 0 Å². The molecule has 2 rings (SSSR count). The number of rotatable bonds is 4. The van der Waals surface area contributed by atoms with Gasteiger partial charge in [0.25, 0.3) is 0 Å². The largest absolute Gasteiger partial charge is 0.342 e. The van der Waals surface area contributed by atoms with Crippen LogP contribution in [-0.2, 0) is 9.59 Å². The number of carbonyl (C=O) groups excluding carboxylic acids is 2. The van der Waals surface area contributed by atoms with E-state index in [9.17, 15) is 9.59 Å². The molecule has 0 aromatic carbocycles. The van der Waals surface area contributed by atoms with Crippen molar-refractivity contribution in [3.63, 3.8) is 0 Å². The summed E-state index contributed by atoms with van der Waals surface area (Å²) in [6, 6.07) is 3.69. The van der Waals surface area contributed by atoms with Gasteiger partial charge in [0.1, 0.15) is 5.82 Å². The minimum Gasteiger partial charge on any atom is -0.342 e. The van der Waals surface area contributed by atoms with Crippen LogP contribution in [0.3, 0.4) is 0 Å². The fourth-order valence-electron chi connectivity index (χ4n) is 2.40. The maximum Gasteiger partial charge on any atom is 0.230 e. The van der Waals surface area contributed by atoms with Crippen molar-refractivity contribution in [2.75, 3.05) is 18.4 Å². The first-order chi connectivity index (χ1) is 9.45. The van der Waals surface area contributed by atoms with Gasteiger partial charge in [0.2, 0.25) is 11.8 Å². The molecular weight excluding hydrogens is 254 g/mol. The highest BCUT2D eigenvalue weighted by Gasteiger charge is 2.34. The zero-order valence-corrected chi connectivity index (χ0v) is 12.2. The molecule has 1 saturated heterocycles. The number of carbonyl (C=O) groups is 2. The lowest BCUT2D eigenvalue weighted by molar-refractivity contribution is -0.128. The topological polar surface area (TPSA) is 62.3 Å². The molecule has 1 aliphatic heterocycles. The molecule has 5 nitrogen and oxygen atoms in total. The Morgan fingerprint density at radius 1 is 1.55 bits per heavy atom. The van der Waals surface area contributed by atoms with E-state index in [0.29, 0.717) is 31.2 Å². The summed E-state index contributed by atoms with van der Waals surface area (Å²) >= 11 is 0. The minimum atomic E-state index is -0.274. The zero-order chi connectivity index (χ0) is 14.7. The predicted molar refractivity (Wildman–Crippen MR) is 77.1 cm³/mol. The van der Waals surface area contributed by atoms with Gasteiger partial charge in [-0.2, -0.15) is 0 Å². The molecule has 108 valence electrons. The summed E-state index contributed by atoms with van der Waals surface area (Å²) < 4.78 is 0. The standard InChI is InChI=1S/C15H21N3O2/c1-10(2)8-18-9-12(7-14(18)19)15(20)17-13-6-11(3)4-5-16-13/h4-6,10,12H,7-9H2,1-3H3,(H,16,17,20)/t12-/m0/s1. The smallest absolute Gasteiger partial charge is 0.230 e. The SMILES string of the molecule is Cc1ccnc(NC(=O)[C@H]2CC(=O)N(CC(C)C)C2)c1. The second-order valence-corrected chi connectivity index (χ2v) is 5.80. The number of aryl methyl sites for hydroxylation is 1. The first kappa shape index (κ1) is 14.5. The van der Waals surface area contributed by atoms with Crippen molar-refractivity contribution < 1.29 is 9.59 Å². The summed E-state index contributed by atoms with van der Waals surface area (Å²) in [6.07, 6.45) is 1.96. The van der Waals surface area contributed by atoms with Gasteiger partial charge in [0, 0.05) is 25.7 Å². The maximum absolute atomic E-state index is 12.2. The molecule has 1 aromatic rings. The van der Waals surface area contributed by atoms with Crippen molar-refractivity contribution in [1.82, 2.24) is 9.88 Å². The lowest BCUT2D eigenvalue weighted by Gasteiger charge is -2.18. The first-order valence-electron chi connectivity index (χ1n) is 6.97. The van der Waals surface area contributed by atoms with Crippen LogP contribution in [0.1, 0.15) is 25.8 Å². The van der Waals surface area contributed by atoms with E-state index in [2.05, 4.69) is 24.1 Å². The highest BCUT2D eigenvalue weighted by molar-refractivity contribution is 5.96. The summed E-state index contributed by atoms with van der Waals surface area (Å²) in [6.45, 7) is 7.30. The summed E-state index contributed by atoms with van der Waals surface area (Å²) in [7, 11) is 0. The van der Waals surface area contributed by atoms with Gasteiger partial charge in [-0.25, -0.2) is 4.98 Å². The van der Waals surface area contributed by atoms with Gasteiger partial charge in [0.15, 0.2) is 0 Å². The van der Waals surface area contributed by atoms with E-state index in [0.717, 1.165) is 5.56 Å². The Kier molecular flexibility index (Phi) is 4.37. The van der Waals surface area contributed by atoms with Gasteiger partial charge < -0.3 is 10.2 Å². The summed E-state index contributed by atoms with van der Waals surface area (Å²) in [4.78, 5) is 29.9. The average molecular weight is 275 g/mol. The van der Waals surface area contributed by atoms with Gasteiger partial charge in [-0.3, -0.25) is 9.59 Å². The summed E-state index contributed by atoms with van der Waals surface area (Å²) in [5.74, 6) is 0.631. The molecule has 2 heterocycles. The third-order valence-corrected chi connectivity index (χ3v) is 3.34. The molecule has 0 radical (unpaired) electrons. The number of hydrogen-bond acceptors (Lipinski definition) is 3. The molecule has 0 spiro atoms. The van der Waals surface area contributed by atoms with Crippen LogP contribution in [0.25, 0.3) is 0 Å². The van der Waals surface area contributed by atoms with Crippen molar-refractivity contribution >= 4 is 17.6 Å². The van der Waals surface area contributed by atoms with Crippen LogP contribution in [0.15, 0.2) is 18.3 Å². The number of nitrogens with one attached hydrogen (secondary N) is 1. The van der Waals surface area contributed by atoms with E-state index in [1.165, 1.54) is 0 Å². The van der Waals surface area contributed by atoms with E-state index in [1.807, 2.05) is 19.1 Å². The molecule has 1 N–H and O–H groups in total. The van der Waals surface area contributed by atoms with E-state index < -0.39 is 0 Å². The highest BCUT2D eigenvalue weighted by Crippen LogP contribution is 2.20. The van der Waals surface area contributed by atoms with Gasteiger partial charge in [-0.1, -0.05) is 13.8 Å². The Labute approximate surface area is 119 Å². The predicted octanol–water partition coefficient (Wildman–Crippen LogP) is 1.83. The third-order valence-electron chi connectivity index (χ3n) is 3.34. The molecule has 1 aliphatic rings. The molecule has 2 amide bonds. The fraction of sp³-hybridized carbons (Fsp3) is 0.533.